The number of benzene rings is 1. The number of hydrogen-bond acceptors (Lipinski definition) is 2. The largest absolute Gasteiger partial charge is 0.508 e. The molecular formula is C14H16N2O. The lowest BCUT2D eigenvalue weighted by molar-refractivity contribution is 0.423. The monoisotopic (exact) mass is 228 g/mol. The lowest BCUT2D eigenvalue weighted by Gasteiger charge is -2.25. The number of phenolic OH excluding ortho intramolecular Hbond substituents is 1. The van der Waals surface area contributed by atoms with Gasteiger partial charge in [-0.3, -0.25) is 0 Å². The molecule has 3 rings (SSSR count). The summed E-state index contributed by atoms with van der Waals surface area (Å²) < 4.78 is 0. The number of hydrogen-bond donors (Lipinski definition) is 2. The van der Waals surface area contributed by atoms with Crippen LogP contribution in [-0.4, -0.2) is 15.1 Å². The minimum absolute atomic E-state index is 0.107. The van der Waals surface area contributed by atoms with Crippen molar-refractivity contribution in [1.29, 1.82) is 0 Å². The number of aromatic nitrogens is 2. The third-order valence-corrected chi connectivity index (χ3v) is 3.97. The molecule has 1 aliphatic carbocycles. The summed E-state index contributed by atoms with van der Waals surface area (Å²) in [5, 5.41) is 9.55. The van der Waals surface area contributed by atoms with Crippen LogP contribution < -0.4 is 0 Å². The Morgan fingerprint density at radius 3 is 2.88 bits per heavy atom. The molecule has 2 N–H and O–H groups in total. The molecule has 88 valence electrons. The van der Waals surface area contributed by atoms with Crippen molar-refractivity contribution < 1.29 is 5.11 Å². The van der Waals surface area contributed by atoms with E-state index in [-0.39, 0.29) is 5.41 Å². The maximum atomic E-state index is 9.55. The summed E-state index contributed by atoms with van der Waals surface area (Å²) in [6.07, 6.45) is 6.79. The Bertz CT molecular complexity index is 533. The summed E-state index contributed by atoms with van der Waals surface area (Å²) in [6.45, 7) is 2.21. The Morgan fingerprint density at radius 2 is 2.18 bits per heavy atom. The summed E-state index contributed by atoms with van der Waals surface area (Å²) in [5.41, 5.74) is 3.84. The third-order valence-electron chi connectivity index (χ3n) is 3.97. The van der Waals surface area contributed by atoms with Crippen molar-refractivity contribution >= 4 is 0 Å². The summed E-state index contributed by atoms with van der Waals surface area (Å²) in [7, 11) is 0. The molecule has 1 unspecified atom stereocenters. The maximum absolute atomic E-state index is 9.55. The Morgan fingerprint density at radius 1 is 1.35 bits per heavy atom. The zero-order valence-corrected chi connectivity index (χ0v) is 9.90. The van der Waals surface area contributed by atoms with E-state index in [0.29, 0.717) is 5.75 Å². The molecule has 3 heteroatoms. The Balaban J connectivity index is 2.03. The normalized spacial score (nSPS) is 22.6. The van der Waals surface area contributed by atoms with Gasteiger partial charge >= 0.3 is 0 Å². The van der Waals surface area contributed by atoms with Gasteiger partial charge in [0, 0.05) is 11.6 Å². The van der Waals surface area contributed by atoms with Crippen LogP contribution in [0.5, 0.6) is 5.75 Å². The van der Waals surface area contributed by atoms with Gasteiger partial charge in [0.25, 0.3) is 0 Å². The Kier molecular flexibility index (Phi) is 2.21. The number of fused-ring (bicyclic) bond motifs is 1. The highest BCUT2D eigenvalue weighted by Gasteiger charge is 2.38. The maximum Gasteiger partial charge on any atom is 0.115 e. The fourth-order valence-electron chi connectivity index (χ4n) is 2.90. The Hall–Kier alpha value is -1.77. The van der Waals surface area contributed by atoms with Crippen LogP contribution in [-0.2, 0) is 18.3 Å². The van der Waals surface area contributed by atoms with Crippen LogP contribution in [0.25, 0.3) is 0 Å². The van der Waals surface area contributed by atoms with Crippen LogP contribution in [0.2, 0.25) is 0 Å². The zero-order chi connectivity index (χ0) is 11.9. The smallest absolute Gasteiger partial charge is 0.115 e. The van der Waals surface area contributed by atoms with E-state index in [2.05, 4.69) is 16.9 Å². The quantitative estimate of drug-likeness (QED) is 0.830. The first kappa shape index (κ1) is 10.4. The van der Waals surface area contributed by atoms with Gasteiger partial charge in [-0.15, -0.1) is 0 Å². The number of nitrogens with zero attached hydrogens (tertiary/aromatic N) is 1. The summed E-state index contributed by atoms with van der Waals surface area (Å²) in [5.74, 6) is 0.359. The summed E-state index contributed by atoms with van der Waals surface area (Å²) >= 11 is 0. The van der Waals surface area contributed by atoms with Crippen LogP contribution in [0.3, 0.4) is 0 Å². The fraction of sp³-hybridized carbons (Fsp3) is 0.357. The SMILES string of the molecule is CCC1(c2c[nH]cn2)Cc2ccc(O)cc2C1. The third kappa shape index (κ3) is 1.54. The van der Waals surface area contributed by atoms with Crippen molar-refractivity contribution in [3.63, 3.8) is 0 Å². The molecule has 0 radical (unpaired) electrons. The highest BCUT2D eigenvalue weighted by Crippen LogP contribution is 2.42. The second kappa shape index (κ2) is 3.62. The van der Waals surface area contributed by atoms with Gasteiger partial charge in [-0.25, -0.2) is 4.98 Å². The van der Waals surface area contributed by atoms with Crippen LogP contribution in [0.15, 0.2) is 30.7 Å². The molecule has 0 saturated carbocycles. The Labute approximate surface area is 101 Å². The van der Waals surface area contributed by atoms with Gasteiger partial charge in [0.05, 0.1) is 12.0 Å². The van der Waals surface area contributed by atoms with E-state index < -0.39 is 0 Å². The lowest BCUT2D eigenvalue weighted by Crippen LogP contribution is -2.26. The second-order valence-electron chi connectivity index (χ2n) is 4.89. The molecule has 3 nitrogen and oxygen atoms in total. The van der Waals surface area contributed by atoms with Gasteiger partial charge in [0.1, 0.15) is 5.75 Å². The van der Waals surface area contributed by atoms with E-state index in [9.17, 15) is 5.11 Å². The molecule has 1 aromatic heterocycles. The highest BCUT2D eigenvalue weighted by molar-refractivity contribution is 5.43. The number of imidazole rings is 1. The molecule has 2 aromatic rings. The first-order valence-corrected chi connectivity index (χ1v) is 6.03. The molecule has 0 saturated heterocycles. The van der Waals surface area contributed by atoms with E-state index >= 15 is 0 Å². The number of phenols is 1. The molecule has 1 heterocycles. The number of rotatable bonds is 2. The predicted molar refractivity (Wildman–Crippen MR) is 66.1 cm³/mol. The zero-order valence-electron chi connectivity index (χ0n) is 9.90. The second-order valence-corrected chi connectivity index (χ2v) is 4.89. The molecule has 1 atom stereocenters. The van der Waals surface area contributed by atoms with Gasteiger partial charge in [-0.1, -0.05) is 13.0 Å². The van der Waals surface area contributed by atoms with Gasteiger partial charge in [-0.2, -0.15) is 0 Å². The standard InChI is InChI=1S/C14H16N2O/c1-2-14(13-8-15-9-16-13)6-10-3-4-12(17)5-11(10)7-14/h3-5,8-9,17H,2,6-7H2,1H3,(H,15,16). The van der Waals surface area contributed by atoms with Gasteiger partial charge in [0.2, 0.25) is 0 Å². The van der Waals surface area contributed by atoms with Crippen molar-refractivity contribution in [1.82, 2.24) is 9.97 Å². The lowest BCUT2D eigenvalue weighted by atomic mass is 9.79. The van der Waals surface area contributed by atoms with Crippen LogP contribution >= 0.6 is 0 Å². The van der Waals surface area contributed by atoms with Crippen molar-refractivity contribution in [2.75, 3.05) is 0 Å². The van der Waals surface area contributed by atoms with E-state index in [0.717, 1.165) is 25.0 Å². The number of aromatic amines is 1. The molecule has 1 aliphatic rings. The van der Waals surface area contributed by atoms with Crippen molar-refractivity contribution in [2.45, 2.75) is 31.6 Å². The van der Waals surface area contributed by atoms with E-state index in [1.165, 1.54) is 11.1 Å². The van der Waals surface area contributed by atoms with Gasteiger partial charge in [0.15, 0.2) is 0 Å². The molecule has 0 bridgehead atoms. The molecule has 0 fully saturated rings. The molecule has 0 spiro atoms. The van der Waals surface area contributed by atoms with Crippen LogP contribution in [0.1, 0.15) is 30.2 Å². The fourth-order valence-corrected chi connectivity index (χ4v) is 2.90. The average molecular weight is 228 g/mol. The van der Waals surface area contributed by atoms with E-state index in [1.54, 1.807) is 12.4 Å². The number of aromatic hydroxyl groups is 1. The van der Waals surface area contributed by atoms with Crippen molar-refractivity contribution in [3.05, 3.63) is 47.5 Å². The minimum atomic E-state index is 0.107. The first-order chi connectivity index (χ1) is 8.23. The molecule has 17 heavy (non-hydrogen) atoms. The molecule has 0 aliphatic heterocycles. The van der Waals surface area contributed by atoms with Crippen LogP contribution in [0, 0.1) is 0 Å². The van der Waals surface area contributed by atoms with E-state index in [1.807, 2.05) is 18.3 Å². The van der Waals surface area contributed by atoms with Crippen LogP contribution in [0.4, 0.5) is 0 Å². The van der Waals surface area contributed by atoms with Crippen molar-refractivity contribution in [2.24, 2.45) is 0 Å². The average Bonchev–Trinajstić information content (AvgIpc) is 2.95. The predicted octanol–water partition coefficient (Wildman–Crippen LogP) is 2.56. The molecular weight excluding hydrogens is 212 g/mol. The minimum Gasteiger partial charge on any atom is -0.508 e. The van der Waals surface area contributed by atoms with Gasteiger partial charge < -0.3 is 10.1 Å². The molecule has 0 amide bonds. The van der Waals surface area contributed by atoms with E-state index in [4.69, 9.17) is 0 Å². The topological polar surface area (TPSA) is 48.9 Å². The van der Waals surface area contributed by atoms with Crippen molar-refractivity contribution in [3.8, 4) is 5.75 Å². The summed E-state index contributed by atoms with van der Waals surface area (Å²) in [6, 6.07) is 5.70. The highest BCUT2D eigenvalue weighted by atomic mass is 16.3. The molecule has 1 aromatic carbocycles. The number of H-pyrrole nitrogens is 1. The summed E-state index contributed by atoms with van der Waals surface area (Å²) in [4.78, 5) is 7.47. The number of nitrogens with one attached hydrogen (secondary N) is 1. The first-order valence-electron chi connectivity index (χ1n) is 6.03. The van der Waals surface area contributed by atoms with Gasteiger partial charge in [-0.05, 0) is 42.5 Å².